The normalized spacial score (nSPS) is 12.3. The van der Waals surface area contributed by atoms with E-state index in [4.69, 9.17) is 0 Å². The van der Waals surface area contributed by atoms with Gasteiger partial charge in [0, 0.05) is 11.6 Å². The van der Waals surface area contributed by atoms with Crippen LogP contribution in [-0.4, -0.2) is 5.91 Å². The molecule has 2 nitrogen and oxygen atoms in total. The minimum Gasteiger partial charge on any atom is -0.326 e. The van der Waals surface area contributed by atoms with Gasteiger partial charge in [-0.25, -0.2) is 4.39 Å². The van der Waals surface area contributed by atoms with Gasteiger partial charge in [-0.15, -0.1) is 0 Å². The molecule has 0 radical (unpaired) electrons. The van der Waals surface area contributed by atoms with Crippen molar-refractivity contribution in [3.8, 4) is 0 Å². The predicted octanol–water partition coefficient (Wildman–Crippen LogP) is 4.27. The molecule has 1 aromatic rings. The lowest BCUT2D eigenvalue weighted by Gasteiger charge is -2.13. The number of anilines is 1. The molecule has 0 bridgehead atoms. The summed E-state index contributed by atoms with van der Waals surface area (Å²) in [5, 5.41) is 2.83. The first-order chi connectivity index (χ1) is 7.95. The second kappa shape index (κ2) is 6.15. The average molecular weight is 302 g/mol. The van der Waals surface area contributed by atoms with Crippen LogP contribution in [0.15, 0.2) is 16.6 Å². The smallest absolute Gasteiger partial charge is 0.227 e. The van der Waals surface area contributed by atoms with Gasteiger partial charge in [0.25, 0.3) is 0 Å². The molecule has 0 aliphatic carbocycles. The van der Waals surface area contributed by atoms with Gasteiger partial charge in [-0.2, -0.15) is 0 Å². The molecule has 0 saturated heterocycles. The Labute approximate surface area is 110 Å². The summed E-state index contributed by atoms with van der Waals surface area (Å²) in [7, 11) is 0. The maximum absolute atomic E-state index is 13.2. The lowest BCUT2D eigenvalue weighted by atomic mass is 10.1. The summed E-state index contributed by atoms with van der Waals surface area (Å²) in [6, 6.07) is 3.01. The molecule has 1 rings (SSSR count). The van der Waals surface area contributed by atoms with E-state index in [-0.39, 0.29) is 17.6 Å². The molecule has 0 saturated carbocycles. The van der Waals surface area contributed by atoms with Gasteiger partial charge in [0.05, 0.1) is 4.47 Å². The van der Waals surface area contributed by atoms with Crippen molar-refractivity contribution >= 4 is 27.5 Å². The van der Waals surface area contributed by atoms with Gasteiger partial charge >= 0.3 is 0 Å². The van der Waals surface area contributed by atoms with Crippen LogP contribution in [-0.2, 0) is 4.79 Å². The maximum atomic E-state index is 13.2. The van der Waals surface area contributed by atoms with Gasteiger partial charge in [0.2, 0.25) is 5.91 Å². The molecule has 0 heterocycles. The van der Waals surface area contributed by atoms with E-state index >= 15 is 0 Å². The minimum absolute atomic E-state index is 0.0199. The average Bonchev–Trinajstić information content (AvgIpc) is 2.26. The second-order valence-electron chi connectivity index (χ2n) is 4.26. The van der Waals surface area contributed by atoms with E-state index in [1.165, 1.54) is 6.07 Å². The minimum atomic E-state index is -0.317. The van der Waals surface area contributed by atoms with E-state index in [2.05, 4.69) is 21.2 Å². The molecule has 1 N–H and O–H groups in total. The highest BCUT2D eigenvalue weighted by Crippen LogP contribution is 2.24. The Morgan fingerprint density at radius 1 is 1.53 bits per heavy atom. The topological polar surface area (TPSA) is 29.1 Å². The molecule has 0 fully saturated rings. The summed E-state index contributed by atoms with van der Waals surface area (Å²) in [4.78, 5) is 11.8. The Bertz CT molecular complexity index is 420. The van der Waals surface area contributed by atoms with Crippen molar-refractivity contribution in [1.82, 2.24) is 0 Å². The summed E-state index contributed by atoms with van der Waals surface area (Å²) in [5.74, 6) is -0.362. The first-order valence-electron chi connectivity index (χ1n) is 5.72. The third kappa shape index (κ3) is 3.80. The van der Waals surface area contributed by atoms with E-state index in [9.17, 15) is 9.18 Å². The highest BCUT2D eigenvalue weighted by molar-refractivity contribution is 9.10. The van der Waals surface area contributed by atoms with Gasteiger partial charge < -0.3 is 5.32 Å². The number of hydrogen-bond donors (Lipinski definition) is 1. The summed E-state index contributed by atoms with van der Waals surface area (Å²) >= 11 is 3.11. The Kier molecular flexibility index (Phi) is 5.12. The van der Waals surface area contributed by atoms with Crippen molar-refractivity contribution in [2.45, 2.75) is 33.6 Å². The Morgan fingerprint density at radius 2 is 2.18 bits per heavy atom. The largest absolute Gasteiger partial charge is 0.326 e. The number of aryl methyl sites for hydroxylation is 1. The molecular weight excluding hydrogens is 285 g/mol. The number of rotatable bonds is 4. The highest BCUT2D eigenvalue weighted by atomic mass is 79.9. The van der Waals surface area contributed by atoms with Crippen molar-refractivity contribution < 1.29 is 9.18 Å². The lowest BCUT2D eigenvalue weighted by Crippen LogP contribution is -2.20. The van der Waals surface area contributed by atoms with Gasteiger partial charge in [-0.3, -0.25) is 4.79 Å². The molecule has 4 heteroatoms. The first kappa shape index (κ1) is 14.2. The Morgan fingerprint density at radius 3 is 2.76 bits per heavy atom. The molecule has 1 unspecified atom stereocenters. The van der Waals surface area contributed by atoms with Crippen molar-refractivity contribution in [3.63, 3.8) is 0 Å². The number of benzene rings is 1. The van der Waals surface area contributed by atoms with Crippen LogP contribution < -0.4 is 5.32 Å². The van der Waals surface area contributed by atoms with Crippen LogP contribution >= 0.6 is 15.9 Å². The van der Waals surface area contributed by atoms with Crippen molar-refractivity contribution in [2.24, 2.45) is 5.92 Å². The monoisotopic (exact) mass is 301 g/mol. The molecule has 1 amide bonds. The zero-order valence-corrected chi connectivity index (χ0v) is 11.9. The Hall–Kier alpha value is -0.900. The van der Waals surface area contributed by atoms with Crippen LogP contribution in [0, 0.1) is 18.7 Å². The highest BCUT2D eigenvalue weighted by Gasteiger charge is 2.14. The third-order valence-electron chi connectivity index (χ3n) is 2.69. The van der Waals surface area contributed by atoms with E-state index in [1.54, 1.807) is 13.0 Å². The molecule has 0 aromatic heterocycles. The van der Waals surface area contributed by atoms with Gasteiger partial charge in [-0.1, -0.05) is 20.3 Å². The summed E-state index contributed by atoms with van der Waals surface area (Å²) in [5.41, 5.74) is 1.38. The van der Waals surface area contributed by atoms with Crippen LogP contribution in [0.1, 0.15) is 32.3 Å². The maximum Gasteiger partial charge on any atom is 0.227 e. The predicted molar refractivity (Wildman–Crippen MR) is 71.5 cm³/mol. The van der Waals surface area contributed by atoms with Crippen LogP contribution in [0.25, 0.3) is 0 Å². The molecule has 94 valence electrons. The number of amides is 1. The van der Waals surface area contributed by atoms with Crippen molar-refractivity contribution in [3.05, 3.63) is 28.0 Å². The van der Waals surface area contributed by atoms with Crippen LogP contribution in [0.2, 0.25) is 0 Å². The lowest BCUT2D eigenvalue weighted by molar-refractivity contribution is -0.119. The fourth-order valence-electron chi connectivity index (χ4n) is 1.60. The fourth-order valence-corrected chi connectivity index (χ4v) is 1.94. The summed E-state index contributed by atoms with van der Waals surface area (Å²) < 4.78 is 13.6. The quantitative estimate of drug-likeness (QED) is 0.884. The van der Waals surface area contributed by atoms with E-state index in [0.717, 1.165) is 18.4 Å². The third-order valence-corrected chi connectivity index (χ3v) is 3.30. The second-order valence-corrected chi connectivity index (χ2v) is 5.11. The number of carbonyl (C=O) groups excluding carboxylic acids is 1. The standard InChI is InChI=1S/C13H17BrFNO/c1-4-5-8(2)13(17)16-12-7-10(14)11(15)6-9(12)3/h6-8H,4-5H2,1-3H3,(H,16,17). The molecular formula is C13H17BrFNO. The van der Waals surface area contributed by atoms with Crippen molar-refractivity contribution in [1.29, 1.82) is 0 Å². The van der Waals surface area contributed by atoms with Gasteiger partial charge in [-0.05, 0) is 47.0 Å². The fraction of sp³-hybridized carbons (Fsp3) is 0.462. The van der Waals surface area contributed by atoms with E-state index in [0.29, 0.717) is 10.2 Å². The van der Waals surface area contributed by atoms with Gasteiger partial charge in [0.15, 0.2) is 0 Å². The molecule has 1 atom stereocenters. The van der Waals surface area contributed by atoms with Crippen LogP contribution in [0.4, 0.5) is 10.1 Å². The molecule has 1 aromatic carbocycles. The van der Waals surface area contributed by atoms with Crippen LogP contribution in [0.3, 0.4) is 0 Å². The SMILES string of the molecule is CCCC(C)C(=O)Nc1cc(Br)c(F)cc1C. The summed E-state index contributed by atoms with van der Waals surface area (Å²) in [6.45, 7) is 5.71. The first-order valence-corrected chi connectivity index (χ1v) is 6.51. The van der Waals surface area contributed by atoms with Crippen molar-refractivity contribution in [2.75, 3.05) is 5.32 Å². The van der Waals surface area contributed by atoms with E-state index in [1.807, 2.05) is 13.8 Å². The molecule has 17 heavy (non-hydrogen) atoms. The zero-order chi connectivity index (χ0) is 13.0. The molecule has 0 spiro atoms. The number of hydrogen-bond acceptors (Lipinski definition) is 1. The summed E-state index contributed by atoms with van der Waals surface area (Å²) in [6.07, 6.45) is 1.83. The molecule has 0 aliphatic heterocycles. The number of nitrogens with one attached hydrogen (secondary N) is 1. The van der Waals surface area contributed by atoms with E-state index < -0.39 is 0 Å². The Balaban J connectivity index is 2.81. The molecule has 0 aliphatic rings. The number of halogens is 2. The van der Waals surface area contributed by atoms with Crippen LogP contribution in [0.5, 0.6) is 0 Å². The van der Waals surface area contributed by atoms with Gasteiger partial charge in [0.1, 0.15) is 5.82 Å². The number of carbonyl (C=O) groups is 1. The zero-order valence-electron chi connectivity index (χ0n) is 10.3.